The Morgan fingerprint density at radius 2 is 2.12 bits per heavy atom. The van der Waals surface area contributed by atoms with Crippen molar-refractivity contribution in [2.24, 2.45) is 5.73 Å². The highest BCUT2D eigenvalue weighted by Crippen LogP contribution is 2.23. The van der Waals surface area contributed by atoms with Crippen LogP contribution >= 0.6 is 11.6 Å². The molecule has 0 aliphatic carbocycles. The number of hydrogen-bond donors (Lipinski definition) is 2. The quantitative estimate of drug-likeness (QED) is 0.833. The van der Waals surface area contributed by atoms with Gasteiger partial charge in [0.15, 0.2) is 0 Å². The van der Waals surface area contributed by atoms with Gasteiger partial charge in [0, 0.05) is 11.6 Å². The van der Waals surface area contributed by atoms with Crippen molar-refractivity contribution in [1.82, 2.24) is 0 Å². The molecule has 0 spiro atoms. The van der Waals surface area contributed by atoms with Crippen LogP contribution in [0.1, 0.15) is 17.3 Å². The van der Waals surface area contributed by atoms with E-state index < -0.39 is 11.9 Å². The molecule has 92 valence electrons. The molecule has 0 radical (unpaired) electrons. The molecule has 0 aromatic heterocycles. The van der Waals surface area contributed by atoms with Crippen LogP contribution in [0, 0.1) is 0 Å². The number of carboxylic acids is 1. The van der Waals surface area contributed by atoms with Crippen LogP contribution in [0.2, 0.25) is 5.02 Å². The Morgan fingerprint density at radius 1 is 1.47 bits per heavy atom. The van der Waals surface area contributed by atoms with E-state index in [9.17, 15) is 9.59 Å². The molecule has 0 aliphatic heterocycles. The SMILES string of the molecule is CCN(CC(=O)O)c1ccc(Cl)cc1C(N)=O. The molecule has 0 unspecified atom stereocenters. The van der Waals surface area contributed by atoms with E-state index >= 15 is 0 Å². The van der Waals surface area contributed by atoms with E-state index in [1.807, 2.05) is 0 Å². The number of carbonyl (C=O) groups is 2. The summed E-state index contributed by atoms with van der Waals surface area (Å²) in [7, 11) is 0. The van der Waals surface area contributed by atoms with Gasteiger partial charge in [-0.3, -0.25) is 9.59 Å². The van der Waals surface area contributed by atoms with Crippen LogP contribution in [-0.4, -0.2) is 30.1 Å². The minimum absolute atomic E-state index is 0.196. The van der Waals surface area contributed by atoms with Crippen molar-refractivity contribution in [2.45, 2.75) is 6.92 Å². The Kier molecular flexibility index (Phi) is 4.34. The van der Waals surface area contributed by atoms with E-state index in [2.05, 4.69) is 0 Å². The Bertz CT molecular complexity index is 448. The van der Waals surface area contributed by atoms with E-state index in [1.165, 1.54) is 6.07 Å². The van der Waals surface area contributed by atoms with Gasteiger partial charge in [-0.15, -0.1) is 0 Å². The van der Waals surface area contributed by atoms with Crippen LogP contribution < -0.4 is 10.6 Å². The summed E-state index contributed by atoms with van der Waals surface area (Å²) in [4.78, 5) is 23.5. The molecule has 5 nitrogen and oxygen atoms in total. The monoisotopic (exact) mass is 256 g/mol. The normalized spacial score (nSPS) is 10.0. The first-order chi connectivity index (χ1) is 7.95. The maximum absolute atomic E-state index is 11.3. The fourth-order valence-electron chi connectivity index (χ4n) is 1.51. The fraction of sp³-hybridized carbons (Fsp3) is 0.273. The van der Waals surface area contributed by atoms with Crippen LogP contribution in [-0.2, 0) is 4.79 Å². The van der Waals surface area contributed by atoms with E-state index in [0.717, 1.165) is 0 Å². The Morgan fingerprint density at radius 3 is 2.59 bits per heavy atom. The summed E-state index contributed by atoms with van der Waals surface area (Å²) in [5, 5.41) is 9.16. The summed E-state index contributed by atoms with van der Waals surface area (Å²) < 4.78 is 0. The number of anilines is 1. The second kappa shape index (κ2) is 5.54. The summed E-state index contributed by atoms with van der Waals surface area (Å²) in [5.74, 6) is -1.61. The van der Waals surface area contributed by atoms with E-state index in [-0.39, 0.29) is 12.1 Å². The smallest absolute Gasteiger partial charge is 0.323 e. The average molecular weight is 257 g/mol. The molecule has 0 saturated heterocycles. The summed E-state index contributed by atoms with van der Waals surface area (Å²) in [5.41, 5.74) is 5.94. The number of hydrogen-bond acceptors (Lipinski definition) is 3. The van der Waals surface area contributed by atoms with E-state index in [1.54, 1.807) is 24.0 Å². The zero-order valence-corrected chi connectivity index (χ0v) is 10.1. The number of primary amides is 1. The van der Waals surface area contributed by atoms with E-state index in [0.29, 0.717) is 17.3 Å². The van der Waals surface area contributed by atoms with Gasteiger partial charge in [-0.25, -0.2) is 0 Å². The molecular weight excluding hydrogens is 244 g/mol. The largest absolute Gasteiger partial charge is 0.480 e. The molecule has 0 saturated carbocycles. The number of nitrogens with zero attached hydrogens (tertiary/aromatic N) is 1. The van der Waals surface area contributed by atoms with Crippen molar-refractivity contribution in [2.75, 3.05) is 18.0 Å². The maximum Gasteiger partial charge on any atom is 0.323 e. The highest BCUT2D eigenvalue weighted by atomic mass is 35.5. The zero-order chi connectivity index (χ0) is 13.0. The van der Waals surface area contributed by atoms with Crippen LogP contribution in [0.5, 0.6) is 0 Å². The average Bonchev–Trinajstić information content (AvgIpc) is 2.25. The van der Waals surface area contributed by atoms with Crippen molar-refractivity contribution < 1.29 is 14.7 Å². The molecule has 17 heavy (non-hydrogen) atoms. The topological polar surface area (TPSA) is 83.6 Å². The van der Waals surface area contributed by atoms with Crippen LogP contribution in [0.15, 0.2) is 18.2 Å². The van der Waals surface area contributed by atoms with Crippen LogP contribution in [0.3, 0.4) is 0 Å². The van der Waals surface area contributed by atoms with Gasteiger partial charge in [-0.2, -0.15) is 0 Å². The molecule has 0 atom stereocenters. The number of halogens is 1. The van der Waals surface area contributed by atoms with Crippen LogP contribution in [0.25, 0.3) is 0 Å². The van der Waals surface area contributed by atoms with Crippen molar-refractivity contribution in [3.63, 3.8) is 0 Å². The number of nitrogens with two attached hydrogens (primary N) is 1. The molecule has 1 aromatic carbocycles. The first-order valence-electron chi connectivity index (χ1n) is 5.01. The lowest BCUT2D eigenvalue weighted by Gasteiger charge is -2.23. The summed E-state index contributed by atoms with van der Waals surface area (Å²) in [6, 6.07) is 4.62. The molecule has 3 N–H and O–H groups in total. The Labute approximate surface area is 104 Å². The third-order valence-corrected chi connectivity index (χ3v) is 2.51. The first-order valence-corrected chi connectivity index (χ1v) is 5.39. The number of carbonyl (C=O) groups excluding carboxylic acids is 1. The molecule has 6 heteroatoms. The van der Waals surface area contributed by atoms with Gasteiger partial charge in [0.2, 0.25) is 0 Å². The number of benzene rings is 1. The molecular formula is C11H13ClN2O3. The van der Waals surface area contributed by atoms with Gasteiger partial charge in [0.25, 0.3) is 5.91 Å². The minimum Gasteiger partial charge on any atom is -0.480 e. The van der Waals surface area contributed by atoms with Gasteiger partial charge in [0.1, 0.15) is 6.54 Å². The highest BCUT2D eigenvalue weighted by molar-refractivity contribution is 6.31. The lowest BCUT2D eigenvalue weighted by molar-refractivity contribution is -0.135. The molecule has 0 heterocycles. The van der Waals surface area contributed by atoms with Crippen molar-refractivity contribution in [3.8, 4) is 0 Å². The number of rotatable bonds is 5. The lowest BCUT2D eigenvalue weighted by Crippen LogP contribution is -2.31. The number of aliphatic carboxylic acids is 1. The highest BCUT2D eigenvalue weighted by Gasteiger charge is 2.16. The third kappa shape index (κ3) is 3.35. The van der Waals surface area contributed by atoms with E-state index in [4.69, 9.17) is 22.4 Å². The molecule has 1 aromatic rings. The lowest BCUT2D eigenvalue weighted by atomic mass is 10.1. The Balaban J connectivity index is 3.18. The van der Waals surface area contributed by atoms with Gasteiger partial charge < -0.3 is 15.7 Å². The third-order valence-electron chi connectivity index (χ3n) is 2.27. The predicted octanol–water partition coefficient (Wildman–Crippen LogP) is 1.35. The summed E-state index contributed by atoms with van der Waals surface area (Å²) >= 11 is 5.77. The van der Waals surface area contributed by atoms with Gasteiger partial charge in [-0.05, 0) is 25.1 Å². The fourth-order valence-corrected chi connectivity index (χ4v) is 1.68. The maximum atomic E-state index is 11.3. The number of amides is 1. The molecule has 0 aliphatic rings. The van der Waals surface area contributed by atoms with Crippen molar-refractivity contribution in [1.29, 1.82) is 0 Å². The summed E-state index contributed by atoms with van der Waals surface area (Å²) in [6.45, 7) is 2.05. The minimum atomic E-state index is -0.975. The Hall–Kier alpha value is -1.75. The molecule has 1 amide bonds. The molecule has 0 bridgehead atoms. The van der Waals surface area contributed by atoms with Crippen molar-refractivity contribution in [3.05, 3.63) is 28.8 Å². The zero-order valence-electron chi connectivity index (χ0n) is 9.31. The van der Waals surface area contributed by atoms with Gasteiger partial charge >= 0.3 is 5.97 Å². The number of carboxylic acid groups (broad SMARTS) is 1. The van der Waals surface area contributed by atoms with Gasteiger partial charge in [-0.1, -0.05) is 11.6 Å². The molecule has 0 fully saturated rings. The van der Waals surface area contributed by atoms with Crippen LogP contribution in [0.4, 0.5) is 5.69 Å². The van der Waals surface area contributed by atoms with Crippen molar-refractivity contribution >= 4 is 29.2 Å². The predicted molar refractivity (Wildman–Crippen MR) is 65.5 cm³/mol. The molecule has 1 rings (SSSR count). The van der Waals surface area contributed by atoms with Gasteiger partial charge in [0.05, 0.1) is 11.3 Å². The second-order valence-electron chi connectivity index (χ2n) is 3.43. The number of likely N-dealkylation sites (N-methyl/N-ethyl adjacent to an activating group) is 1. The standard InChI is InChI=1S/C11H13ClN2O3/c1-2-14(6-10(15)16)9-4-3-7(12)5-8(9)11(13)17/h3-5H,2,6H2,1H3,(H2,13,17)(H,15,16). The summed E-state index contributed by atoms with van der Waals surface area (Å²) in [6.07, 6.45) is 0. The first kappa shape index (κ1) is 13.3. The second-order valence-corrected chi connectivity index (χ2v) is 3.87.